The van der Waals surface area contributed by atoms with Gasteiger partial charge < -0.3 is 16.0 Å². The molecule has 2 aromatic rings. The van der Waals surface area contributed by atoms with Gasteiger partial charge in [0.05, 0.1) is 12.1 Å². The van der Waals surface area contributed by atoms with E-state index in [9.17, 15) is 18.8 Å². The maximum atomic E-state index is 14.8. The summed E-state index contributed by atoms with van der Waals surface area (Å²) in [5.74, 6) is -1.72. The lowest BCUT2D eigenvalue weighted by Gasteiger charge is -2.24. The molecule has 0 spiro atoms. The van der Waals surface area contributed by atoms with Gasteiger partial charge in [-0.3, -0.25) is 19.1 Å². The molecule has 2 heterocycles. The van der Waals surface area contributed by atoms with E-state index in [4.69, 9.17) is 28.9 Å². The molecule has 4 rings (SSSR count). The minimum Gasteiger partial charge on any atom is -0.364 e. The number of hydrogen-bond acceptors (Lipinski definition) is 4. The highest BCUT2D eigenvalue weighted by molar-refractivity contribution is 6.50. The Morgan fingerprint density at radius 3 is 2.61 bits per heavy atom. The first kappa shape index (κ1) is 21.8. The van der Waals surface area contributed by atoms with Crippen molar-refractivity contribution in [3.63, 3.8) is 0 Å². The molecule has 2 fully saturated rings. The van der Waals surface area contributed by atoms with Gasteiger partial charge in [0.15, 0.2) is 5.69 Å². The second kappa shape index (κ2) is 7.63. The number of hydrogen-bond donors (Lipinski definition) is 2. The largest absolute Gasteiger partial charge is 0.364 e. The van der Waals surface area contributed by atoms with Gasteiger partial charge in [0, 0.05) is 24.3 Å². The Kier molecular flexibility index (Phi) is 5.37. The smallest absolute Gasteiger partial charge is 0.269 e. The molecule has 3 N–H and O–H groups in total. The highest BCUT2D eigenvalue weighted by atomic mass is 35.5. The maximum Gasteiger partial charge on any atom is 0.269 e. The average molecular weight is 470 g/mol. The molecule has 1 unspecified atom stereocenters. The zero-order chi connectivity index (χ0) is 22.6. The Balaban J connectivity index is 1.52. The standard InChI is InChI=1S/C20H22Cl2FN5O3/c1-19(23)7-14(18(31)25-8-11-6-20(11,21)22)27(10-19)15(29)9-28-13-5-3-2-4-12(13)16(26-28)17(24)30/h2-5,11,14H,6-10H2,1H3,(H2,24,30)(H,25,31)/t11?,14-,19+/m0/s1. The van der Waals surface area contributed by atoms with Crippen molar-refractivity contribution >= 4 is 51.8 Å². The molecule has 1 aromatic heterocycles. The number of nitrogens with zero attached hydrogens (tertiary/aromatic N) is 3. The summed E-state index contributed by atoms with van der Waals surface area (Å²) < 4.78 is 15.3. The van der Waals surface area contributed by atoms with Crippen LogP contribution in [0.3, 0.4) is 0 Å². The van der Waals surface area contributed by atoms with Crippen LogP contribution in [-0.2, 0) is 16.1 Å². The molecule has 1 aliphatic carbocycles. The highest BCUT2D eigenvalue weighted by Crippen LogP contribution is 2.52. The van der Waals surface area contributed by atoms with E-state index in [0.29, 0.717) is 17.3 Å². The highest BCUT2D eigenvalue weighted by Gasteiger charge is 2.52. The number of aromatic nitrogens is 2. The normalized spacial score (nSPS) is 26.8. The third kappa shape index (κ3) is 4.34. The van der Waals surface area contributed by atoms with E-state index < -0.39 is 33.8 Å². The molecule has 0 radical (unpaired) electrons. The topological polar surface area (TPSA) is 110 Å². The lowest BCUT2D eigenvalue weighted by molar-refractivity contribution is -0.139. The molecule has 1 aliphatic heterocycles. The van der Waals surface area contributed by atoms with Crippen LogP contribution in [0, 0.1) is 5.92 Å². The molecule has 3 atom stereocenters. The number of rotatable bonds is 6. The third-order valence-corrected chi connectivity index (χ3v) is 6.70. The number of carbonyl (C=O) groups is 3. The Labute approximate surface area is 187 Å². The van der Waals surface area contributed by atoms with Gasteiger partial charge in [0.25, 0.3) is 5.91 Å². The Bertz CT molecular complexity index is 1070. The number of halogens is 3. The van der Waals surface area contributed by atoms with Crippen LogP contribution in [0.4, 0.5) is 4.39 Å². The molecule has 1 aromatic carbocycles. The van der Waals surface area contributed by atoms with Crippen molar-refractivity contribution in [1.29, 1.82) is 0 Å². The van der Waals surface area contributed by atoms with E-state index in [1.807, 2.05) is 0 Å². The molecule has 1 saturated heterocycles. The third-order valence-electron chi connectivity index (χ3n) is 5.77. The van der Waals surface area contributed by atoms with Crippen LogP contribution in [0.15, 0.2) is 24.3 Å². The number of likely N-dealkylation sites (tertiary alicyclic amines) is 1. The van der Waals surface area contributed by atoms with Crippen LogP contribution in [0.25, 0.3) is 10.9 Å². The molecule has 0 bridgehead atoms. The van der Waals surface area contributed by atoms with Gasteiger partial charge in [-0.1, -0.05) is 18.2 Å². The van der Waals surface area contributed by atoms with Gasteiger partial charge in [-0.2, -0.15) is 5.10 Å². The summed E-state index contributed by atoms with van der Waals surface area (Å²) in [6, 6.07) is 5.90. The maximum absolute atomic E-state index is 14.8. The van der Waals surface area contributed by atoms with Crippen molar-refractivity contribution in [2.24, 2.45) is 11.7 Å². The van der Waals surface area contributed by atoms with Crippen LogP contribution < -0.4 is 11.1 Å². The number of nitrogens with two attached hydrogens (primary N) is 1. The first-order valence-electron chi connectivity index (χ1n) is 9.88. The Morgan fingerprint density at radius 1 is 1.29 bits per heavy atom. The molecule has 1 saturated carbocycles. The number of primary amides is 1. The summed E-state index contributed by atoms with van der Waals surface area (Å²) >= 11 is 12.0. The zero-order valence-electron chi connectivity index (χ0n) is 16.8. The quantitative estimate of drug-likeness (QED) is 0.627. The van der Waals surface area contributed by atoms with Gasteiger partial charge in [0.1, 0.15) is 22.6 Å². The predicted octanol–water partition coefficient (Wildman–Crippen LogP) is 1.77. The van der Waals surface area contributed by atoms with Gasteiger partial charge in [-0.25, -0.2) is 4.39 Å². The molecule has 31 heavy (non-hydrogen) atoms. The van der Waals surface area contributed by atoms with Crippen molar-refractivity contribution in [3.05, 3.63) is 30.0 Å². The van der Waals surface area contributed by atoms with Crippen molar-refractivity contribution in [2.75, 3.05) is 13.1 Å². The van der Waals surface area contributed by atoms with Crippen LogP contribution in [-0.4, -0.2) is 61.5 Å². The summed E-state index contributed by atoms with van der Waals surface area (Å²) in [6.07, 6.45) is 0.452. The van der Waals surface area contributed by atoms with E-state index in [-0.39, 0.29) is 37.7 Å². The van der Waals surface area contributed by atoms with E-state index in [0.717, 1.165) is 0 Å². The second-order valence-corrected chi connectivity index (χ2v) is 9.99. The monoisotopic (exact) mass is 469 g/mol. The van der Waals surface area contributed by atoms with Gasteiger partial charge >= 0.3 is 0 Å². The number of carbonyl (C=O) groups excluding carboxylic acids is 3. The predicted molar refractivity (Wildman–Crippen MR) is 113 cm³/mol. The molecule has 8 nitrogen and oxygen atoms in total. The lowest BCUT2D eigenvalue weighted by Crippen LogP contribution is -2.47. The van der Waals surface area contributed by atoms with E-state index in [1.165, 1.54) is 16.5 Å². The fourth-order valence-electron chi connectivity index (χ4n) is 4.02. The lowest BCUT2D eigenvalue weighted by atomic mass is 10.0. The van der Waals surface area contributed by atoms with Crippen molar-refractivity contribution < 1.29 is 18.8 Å². The first-order valence-corrected chi connectivity index (χ1v) is 10.6. The molecular weight excluding hydrogens is 448 g/mol. The van der Waals surface area contributed by atoms with E-state index in [1.54, 1.807) is 24.3 Å². The van der Waals surface area contributed by atoms with E-state index in [2.05, 4.69) is 10.4 Å². The van der Waals surface area contributed by atoms with Crippen molar-refractivity contribution in [2.45, 2.75) is 42.4 Å². The second-order valence-electron chi connectivity index (χ2n) is 8.45. The molecular formula is C20H22Cl2FN5O3. The number of para-hydroxylation sites is 1. The summed E-state index contributed by atoms with van der Waals surface area (Å²) in [6.45, 7) is 1.14. The number of alkyl halides is 3. The molecule has 166 valence electrons. The molecule has 2 aliphatic rings. The molecule has 11 heteroatoms. The van der Waals surface area contributed by atoms with Crippen molar-refractivity contribution in [3.8, 4) is 0 Å². The van der Waals surface area contributed by atoms with Gasteiger partial charge in [0.2, 0.25) is 11.8 Å². The average Bonchev–Trinajstić information content (AvgIpc) is 3.00. The zero-order valence-corrected chi connectivity index (χ0v) is 18.3. The first-order chi connectivity index (χ1) is 14.5. The van der Waals surface area contributed by atoms with Crippen LogP contribution in [0.2, 0.25) is 0 Å². The fraction of sp³-hybridized carbons (Fsp3) is 0.500. The number of benzene rings is 1. The minimum atomic E-state index is -1.70. The SMILES string of the molecule is C[C@@]1(F)C[C@@H](C(=O)NCC2CC2(Cl)Cl)N(C(=O)Cn2nc(C(N)=O)c3ccccc32)C1. The fourth-order valence-corrected chi connectivity index (χ4v) is 4.55. The van der Waals surface area contributed by atoms with Crippen molar-refractivity contribution in [1.82, 2.24) is 20.0 Å². The Hall–Kier alpha value is -2.39. The number of amides is 3. The van der Waals surface area contributed by atoms with Gasteiger partial charge in [-0.05, 0) is 19.4 Å². The minimum absolute atomic E-state index is 0.0458. The summed E-state index contributed by atoms with van der Waals surface area (Å²) in [4.78, 5) is 38.7. The van der Waals surface area contributed by atoms with Crippen LogP contribution in [0.1, 0.15) is 30.3 Å². The number of nitrogens with one attached hydrogen (secondary N) is 1. The van der Waals surface area contributed by atoms with E-state index >= 15 is 0 Å². The Morgan fingerprint density at radius 2 is 1.97 bits per heavy atom. The van der Waals surface area contributed by atoms with Crippen LogP contribution >= 0.6 is 23.2 Å². The number of fused-ring (bicyclic) bond motifs is 1. The van der Waals surface area contributed by atoms with Gasteiger partial charge in [-0.15, -0.1) is 23.2 Å². The summed E-state index contributed by atoms with van der Waals surface area (Å²) in [5.41, 5.74) is 4.28. The molecule has 3 amide bonds. The summed E-state index contributed by atoms with van der Waals surface area (Å²) in [7, 11) is 0. The van der Waals surface area contributed by atoms with Crippen LogP contribution in [0.5, 0.6) is 0 Å². The summed E-state index contributed by atoms with van der Waals surface area (Å²) in [5, 5.41) is 7.40.